The van der Waals surface area contributed by atoms with E-state index in [0.29, 0.717) is 10.9 Å². The maximum Gasteiger partial charge on any atom is 0.252 e. The van der Waals surface area contributed by atoms with Gasteiger partial charge in [0.05, 0.1) is 33.6 Å². The molecule has 1 aromatic heterocycles. The first-order chi connectivity index (χ1) is 58.3. The molecule has 0 saturated heterocycles. The molecule has 4 heteroatoms. The van der Waals surface area contributed by atoms with Crippen LogP contribution in [0.5, 0.6) is 0 Å². The van der Waals surface area contributed by atoms with Crippen molar-refractivity contribution < 1.29 is 5.48 Å². The van der Waals surface area contributed by atoms with E-state index in [2.05, 4.69) is 428 Å². The van der Waals surface area contributed by atoms with E-state index in [-0.39, 0.29) is 51.2 Å². The number of benzene rings is 17. The SMILES string of the molecule is [2H]c1c([2H])c([2H])c2c(c1[2H])c1cc(C(C)(C)C)ccc1n2-c1cc2c3c(c1)N(c1c(-c4cccc5ccccc45)cccc1-c1cccc4ccccc14)c1ccc(-c4cc(C(C)(C)C)cc(C(C)(C)C)c4)cc1B3c1cc(-c3cc(C(C)(C)C)cc(C(C)(C)C)c3)ccc1N2c1c(-c2cccc3ccccc23)cccc1-c1cccc2ccccc12. The number of hydrogen-bond donors (Lipinski definition) is 0. The average molecular weight is 1530 g/mol. The van der Waals surface area contributed by atoms with Gasteiger partial charge in [-0.3, -0.25) is 0 Å². The van der Waals surface area contributed by atoms with Crippen molar-refractivity contribution in [3.8, 4) is 72.4 Å². The van der Waals surface area contributed by atoms with E-state index < -0.39 is 6.71 Å². The summed E-state index contributed by atoms with van der Waals surface area (Å²) in [4.78, 5) is 5.27. The Hall–Kier alpha value is -12.8. The van der Waals surface area contributed by atoms with E-state index in [1.54, 1.807) is 0 Å². The molecule has 2 aliphatic rings. The van der Waals surface area contributed by atoms with Crippen LogP contribution < -0.4 is 26.2 Å². The fraction of sp³-hybridized carbons (Fsp3) is 0.175. The molecule has 17 aromatic carbocycles. The second-order valence-corrected chi connectivity index (χ2v) is 38.2. The number of nitrogens with zero attached hydrogens (tertiary/aromatic N) is 3. The smallest absolute Gasteiger partial charge is 0.252 e. The molecule has 0 fully saturated rings. The first kappa shape index (κ1) is 69.5. The van der Waals surface area contributed by atoms with E-state index in [1.165, 1.54) is 22.3 Å². The van der Waals surface area contributed by atoms with Crippen LogP contribution in [0.2, 0.25) is 0 Å². The van der Waals surface area contributed by atoms with Gasteiger partial charge >= 0.3 is 0 Å². The fourth-order valence-corrected chi connectivity index (χ4v) is 19.0. The molecule has 118 heavy (non-hydrogen) atoms. The molecule has 0 unspecified atom stereocenters. The highest BCUT2D eigenvalue weighted by Gasteiger charge is 2.47. The molecular formula is C114H100BN3. The zero-order valence-corrected chi connectivity index (χ0v) is 70.4. The summed E-state index contributed by atoms with van der Waals surface area (Å²) in [5.74, 6) is 0. The number of aromatic nitrogens is 1. The van der Waals surface area contributed by atoms with Gasteiger partial charge in [-0.25, -0.2) is 0 Å². The number of para-hydroxylation sites is 3. The average Bonchev–Trinajstić information content (AvgIpc) is 0.892. The Labute approximate surface area is 702 Å². The van der Waals surface area contributed by atoms with Crippen molar-refractivity contribution in [3.63, 3.8) is 0 Å². The van der Waals surface area contributed by atoms with Crippen LogP contribution in [0.4, 0.5) is 34.1 Å². The van der Waals surface area contributed by atoms with Gasteiger partial charge in [-0.05, 0) is 201 Å². The molecule has 0 N–H and O–H groups in total. The summed E-state index contributed by atoms with van der Waals surface area (Å²) in [6, 6.07) is 116. The maximum absolute atomic E-state index is 10.5. The molecule has 0 aliphatic carbocycles. The third kappa shape index (κ3) is 12.4. The lowest BCUT2D eigenvalue weighted by molar-refractivity contribution is 0.568. The molecule has 2 aliphatic heterocycles. The van der Waals surface area contributed by atoms with Crippen LogP contribution >= 0.6 is 0 Å². The highest BCUT2D eigenvalue weighted by atomic mass is 15.2. The molecule has 3 heterocycles. The van der Waals surface area contributed by atoms with Crippen molar-refractivity contribution in [1.29, 1.82) is 0 Å². The summed E-state index contributed by atoms with van der Waals surface area (Å²) in [6.07, 6.45) is 0. The van der Waals surface area contributed by atoms with Gasteiger partial charge in [0.1, 0.15) is 0 Å². The summed E-state index contributed by atoms with van der Waals surface area (Å²) in [6.45, 7) is 34.2. The first-order valence-electron chi connectivity index (χ1n) is 44.0. The number of fused-ring (bicyclic) bond motifs is 11. The van der Waals surface area contributed by atoms with E-state index in [0.717, 1.165) is 183 Å². The van der Waals surface area contributed by atoms with Crippen LogP contribution in [-0.4, -0.2) is 11.3 Å². The molecule has 20 rings (SSSR count). The third-order valence-electron chi connectivity index (χ3n) is 25.4. The lowest BCUT2D eigenvalue weighted by Gasteiger charge is -2.46. The van der Waals surface area contributed by atoms with Crippen LogP contribution in [0.15, 0.2) is 334 Å². The second-order valence-electron chi connectivity index (χ2n) is 38.2. The number of hydrogen-bond acceptors (Lipinski definition) is 2. The molecule has 18 aromatic rings. The van der Waals surface area contributed by atoms with Gasteiger partial charge in [0.15, 0.2) is 0 Å². The summed E-state index contributed by atoms with van der Waals surface area (Å²) < 4.78 is 42.2. The zero-order chi connectivity index (χ0) is 84.7. The van der Waals surface area contributed by atoms with Crippen LogP contribution in [0, 0.1) is 0 Å². The fourth-order valence-electron chi connectivity index (χ4n) is 19.0. The lowest BCUT2D eigenvalue weighted by atomic mass is 9.33. The molecule has 0 atom stereocenters. The Morgan fingerprint density at radius 1 is 0.246 bits per heavy atom. The molecule has 0 saturated carbocycles. The third-order valence-corrected chi connectivity index (χ3v) is 25.4. The van der Waals surface area contributed by atoms with Crippen LogP contribution in [0.1, 0.15) is 137 Å². The van der Waals surface area contributed by atoms with Gasteiger partial charge in [-0.15, -0.1) is 0 Å². The summed E-state index contributed by atoms with van der Waals surface area (Å²) in [7, 11) is 0. The van der Waals surface area contributed by atoms with Gasteiger partial charge in [0, 0.05) is 55.8 Å². The predicted octanol–water partition coefficient (Wildman–Crippen LogP) is 30.0. The minimum atomic E-state index is -0.478. The molecule has 0 spiro atoms. The van der Waals surface area contributed by atoms with Crippen molar-refractivity contribution in [2.24, 2.45) is 0 Å². The molecule has 0 bridgehead atoms. The van der Waals surface area contributed by atoms with Gasteiger partial charge < -0.3 is 14.4 Å². The van der Waals surface area contributed by atoms with Gasteiger partial charge in [-0.2, -0.15) is 0 Å². The van der Waals surface area contributed by atoms with Crippen LogP contribution in [0.3, 0.4) is 0 Å². The van der Waals surface area contributed by atoms with E-state index in [4.69, 9.17) is 0 Å². The van der Waals surface area contributed by atoms with Crippen molar-refractivity contribution >= 4 is 122 Å². The van der Waals surface area contributed by atoms with Crippen LogP contribution in [0.25, 0.3) is 137 Å². The largest absolute Gasteiger partial charge is 0.310 e. The molecule has 3 nitrogen and oxygen atoms in total. The van der Waals surface area contributed by atoms with Gasteiger partial charge in [0.2, 0.25) is 0 Å². The highest BCUT2D eigenvalue weighted by molar-refractivity contribution is 7.00. The summed E-state index contributed by atoms with van der Waals surface area (Å²) >= 11 is 0. The van der Waals surface area contributed by atoms with E-state index in [1.807, 2.05) is 0 Å². The van der Waals surface area contributed by atoms with Gasteiger partial charge in [-0.1, -0.05) is 395 Å². The maximum atomic E-state index is 10.5. The van der Waals surface area contributed by atoms with Gasteiger partial charge in [0.25, 0.3) is 6.71 Å². The minimum absolute atomic E-state index is 0.0781. The quantitative estimate of drug-likeness (QED) is 0.133. The minimum Gasteiger partial charge on any atom is -0.310 e. The molecular weight excluding hydrogens is 1420 g/mol. The highest BCUT2D eigenvalue weighted by Crippen LogP contribution is 2.57. The predicted molar refractivity (Wildman–Crippen MR) is 511 cm³/mol. The van der Waals surface area contributed by atoms with Crippen LogP contribution in [-0.2, 0) is 27.1 Å². The Morgan fingerprint density at radius 3 is 0.941 bits per heavy atom. The zero-order valence-electron chi connectivity index (χ0n) is 74.4. The van der Waals surface area contributed by atoms with Crippen molar-refractivity contribution in [2.75, 3.05) is 9.80 Å². The van der Waals surface area contributed by atoms with E-state index in [9.17, 15) is 5.48 Å². The molecule has 0 radical (unpaired) electrons. The van der Waals surface area contributed by atoms with Crippen molar-refractivity contribution in [2.45, 2.75) is 131 Å². The second kappa shape index (κ2) is 27.4. The summed E-state index contributed by atoms with van der Waals surface area (Å²) in [5, 5.41) is 10.2. The molecule has 0 amide bonds. The van der Waals surface area contributed by atoms with E-state index >= 15 is 0 Å². The number of anilines is 6. The van der Waals surface area contributed by atoms with Crippen molar-refractivity contribution in [3.05, 3.63) is 361 Å². The Bertz CT molecular complexity index is 6790. The Balaban J connectivity index is 1.04. The topological polar surface area (TPSA) is 11.4 Å². The van der Waals surface area contributed by atoms with Crippen molar-refractivity contribution in [1.82, 2.24) is 4.57 Å². The first-order valence-corrected chi connectivity index (χ1v) is 42.0. The Morgan fingerprint density at radius 2 is 0.576 bits per heavy atom. The Kier molecular flexibility index (Phi) is 16.2. The normalized spacial score (nSPS) is 13.6. The standard InChI is InChI=1S/C114H100BN3/c1-110(2,3)79-56-59-102-98(68-79)93-44-24-25-53-101(93)116(102)84-69-105-107-106(70-84)118(109-96(91-47-28-38-73-34-18-22-42-87(73)91)51-31-52-97(109)92-48-29-39-74-35-19-23-43-88(74)92)104-58-55-76(78-62-82(113(10,11)12)67-83(63-78)114(13,14)15)65-100(104)115(107)99-64-75(77-60-80(111(4,5)6)66-81(61-77)112(7,8)9)54-57-103(99)117(105)108-94(89-45-26-36-71-32-16-20-40-85(71)89)49-30-50-95(108)90-46-27-37-72-33-17-21-41-86(72)90/h16-70H,1-15H3/i24D,25D,44D,53D. The monoisotopic (exact) mass is 1530 g/mol. The lowest BCUT2D eigenvalue weighted by Crippen LogP contribution is -2.61. The molecule has 574 valence electrons. The summed E-state index contributed by atoms with van der Waals surface area (Å²) in [5.41, 5.74) is 29.2. The number of rotatable bonds is 9.